The van der Waals surface area contributed by atoms with E-state index >= 15 is 0 Å². The van der Waals surface area contributed by atoms with Crippen LogP contribution < -0.4 is 5.73 Å². The Labute approximate surface area is 71.4 Å². The topological polar surface area (TPSA) is 26.0 Å². The lowest BCUT2D eigenvalue weighted by atomic mass is 10.0. The largest absolute Gasteiger partial charge is 0.328 e. The van der Waals surface area contributed by atoms with E-state index in [0.717, 1.165) is 5.92 Å². The summed E-state index contributed by atoms with van der Waals surface area (Å²) in [5.41, 5.74) is 5.83. The molecule has 0 heterocycles. The van der Waals surface area contributed by atoms with Crippen molar-refractivity contribution in [2.24, 2.45) is 11.7 Å². The Kier molecular flexibility index (Phi) is 6.63. The summed E-state index contributed by atoms with van der Waals surface area (Å²) < 4.78 is 0. The summed E-state index contributed by atoms with van der Waals surface area (Å²) in [5.74, 6) is 0.877. The van der Waals surface area contributed by atoms with E-state index in [0.29, 0.717) is 6.04 Å². The fourth-order valence-electron chi connectivity index (χ4n) is 1.65. The summed E-state index contributed by atoms with van der Waals surface area (Å²) in [6.45, 7) is 6.31. The van der Waals surface area contributed by atoms with Crippen LogP contribution in [0.1, 0.15) is 52.9 Å². The maximum absolute atomic E-state index is 5.83. The van der Waals surface area contributed by atoms with Crippen LogP contribution in [-0.2, 0) is 0 Å². The molecule has 0 amide bonds. The molecule has 1 aliphatic carbocycles. The minimum Gasteiger partial charge on any atom is -0.328 e. The lowest BCUT2D eigenvalue weighted by Crippen LogP contribution is -2.20. The molecule has 2 atom stereocenters. The van der Waals surface area contributed by atoms with Gasteiger partial charge in [-0.25, -0.2) is 0 Å². The molecule has 11 heavy (non-hydrogen) atoms. The molecule has 1 fully saturated rings. The zero-order valence-corrected chi connectivity index (χ0v) is 8.27. The lowest BCUT2D eigenvalue weighted by Gasteiger charge is -2.10. The average molecular weight is 157 g/mol. The smallest absolute Gasteiger partial charge is 0.00413 e. The van der Waals surface area contributed by atoms with Crippen molar-refractivity contribution in [3.63, 3.8) is 0 Å². The molecule has 0 radical (unpaired) electrons. The van der Waals surface area contributed by atoms with Crippen LogP contribution in [0.25, 0.3) is 0 Å². The zero-order chi connectivity index (χ0) is 8.69. The van der Waals surface area contributed by atoms with Crippen LogP contribution in [0.3, 0.4) is 0 Å². The van der Waals surface area contributed by atoms with Gasteiger partial charge in [-0.05, 0) is 18.8 Å². The molecule has 0 aromatic rings. The molecule has 1 rings (SSSR count). The van der Waals surface area contributed by atoms with Crippen LogP contribution in [0.2, 0.25) is 0 Å². The third-order valence-electron chi connectivity index (χ3n) is 2.23. The Balaban J connectivity index is 0.000000461. The number of hydrogen-bond donors (Lipinski definition) is 1. The summed E-state index contributed by atoms with van der Waals surface area (Å²) in [4.78, 5) is 0. The van der Waals surface area contributed by atoms with Gasteiger partial charge >= 0.3 is 0 Å². The van der Waals surface area contributed by atoms with Crippen LogP contribution in [0.5, 0.6) is 0 Å². The van der Waals surface area contributed by atoms with Gasteiger partial charge in [0.1, 0.15) is 0 Å². The van der Waals surface area contributed by atoms with Crippen LogP contribution in [0.4, 0.5) is 0 Å². The molecule has 0 aromatic heterocycles. The number of hydrogen-bond acceptors (Lipinski definition) is 1. The monoisotopic (exact) mass is 157 g/mol. The Bertz CT molecular complexity index is 70.9. The van der Waals surface area contributed by atoms with Gasteiger partial charge in [-0.3, -0.25) is 0 Å². The van der Waals surface area contributed by atoms with Gasteiger partial charge in [0, 0.05) is 6.04 Å². The van der Waals surface area contributed by atoms with E-state index in [1.807, 2.05) is 13.8 Å². The molecular formula is C10H23N. The maximum atomic E-state index is 5.83. The maximum Gasteiger partial charge on any atom is 0.00413 e. The van der Waals surface area contributed by atoms with Gasteiger partial charge in [-0.2, -0.15) is 0 Å². The molecule has 1 heteroatoms. The highest BCUT2D eigenvalue weighted by atomic mass is 14.6. The van der Waals surface area contributed by atoms with Gasteiger partial charge < -0.3 is 5.73 Å². The first-order chi connectivity index (χ1) is 5.29. The van der Waals surface area contributed by atoms with Crippen molar-refractivity contribution in [1.82, 2.24) is 0 Å². The first-order valence-corrected chi connectivity index (χ1v) is 5.04. The second-order valence-corrected chi connectivity index (χ2v) is 3.39. The van der Waals surface area contributed by atoms with Gasteiger partial charge in [0.25, 0.3) is 0 Å². The van der Waals surface area contributed by atoms with Crippen molar-refractivity contribution >= 4 is 0 Å². The van der Waals surface area contributed by atoms with Crippen molar-refractivity contribution in [3.8, 4) is 0 Å². The SMILES string of the molecule is CC.CC1CCCCC(N)C1. The van der Waals surface area contributed by atoms with E-state index in [2.05, 4.69) is 6.92 Å². The van der Waals surface area contributed by atoms with Crippen molar-refractivity contribution in [2.75, 3.05) is 0 Å². The van der Waals surface area contributed by atoms with Gasteiger partial charge in [-0.1, -0.05) is 40.0 Å². The zero-order valence-electron chi connectivity index (χ0n) is 8.27. The second kappa shape index (κ2) is 6.66. The molecule has 1 saturated carbocycles. The van der Waals surface area contributed by atoms with E-state index in [1.165, 1.54) is 32.1 Å². The first-order valence-electron chi connectivity index (χ1n) is 5.04. The summed E-state index contributed by atoms with van der Waals surface area (Å²) in [5, 5.41) is 0. The molecular weight excluding hydrogens is 134 g/mol. The lowest BCUT2D eigenvalue weighted by molar-refractivity contribution is 0.469. The molecule has 0 bridgehead atoms. The fourth-order valence-corrected chi connectivity index (χ4v) is 1.65. The van der Waals surface area contributed by atoms with E-state index < -0.39 is 0 Å². The molecule has 0 spiro atoms. The van der Waals surface area contributed by atoms with Gasteiger partial charge in [-0.15, -0.1) is 0 Å². The summed E-state index contributed by atoms with van der Waals surface area (Å²) in [6, 6.07) is 0.502. The highest BCUT2D eigenvalue weighted by Gasteiger charge is 2.12. The van der Waals surface area contributed by atoms with Crippen LogP contribution in [-0.4, -0.2) is 6.04 Å². The van der Waals surface area contributed by atoms with E-state index in [1.54, 1.807) is 0 Å². The Morgan fingerprint density at radius 2 is 1.64 bits per heavy atom. The van der Waals surface area contributed by atoms with Crippen molar-refractivity contribution in [3.05, 3.63) is 0 Å². The molecule has 1 aliphatic rings. The van der Waals surface area contributed by atoms with Crippen LogP contribution in [0.15, 0.2) is 0 Å². The van der Waals surface area contributed by atoms with Gasteiger partial charge in [0.2, 0.25) is 0 Å². The molecule has 0 aromatic carbocycles. The predicted octanol–water partition coefficient (Wildman–Crippen LogP) is 2.94. The summed E-state index contributed by atoms with van der Waals surface area (Å²) in [7, 11) is 0. The standard InChI is InChI=1S/C8H17N.C2H6/c1-7-4-2-3-5-8(9)6-7;1-2/h7-8H,2-6,9H2,1H3;1-2H3. The van der Waals surface area contributed by atoms with E-state index in [4.69, 9.17) is 5.73 Å². The third kappa shape index (κ3) is 5.25. The van der Waals surface area contributed by atoms with E-state index in [-0.39, 0.29) is 0 Å². The Morgan fingerprint density at radius 1 is 1.09 bits per heavy atom. The van der Waals surface area contributed by atoms with Crippen molar-refractivity contribution < 1.29 is 0 Å². The van der Waals surface area contributed by atoms with Gasteiger partial charge in [0.05, 0.1) is 0 Å². The van der Waals surface area contributed by atoms with Gasteiger partial charge in [0.15, 0.2) is 0 Å². The predicted molar refractivity (Wildman–Crippen MR) is 51.6 cm³/mol. The Hall–Kier alpha value is -0.0400. The molecule has 2 unspecified atom stereocenters. The molecule has 68 valence electrons. The van der Waals surface area contributed by atoms with Crippen molar-refractivity contribution in [2.45, 2.75) is 58.9 Å². The third-order valence-corrected chi connectivity index (χ3v) is 2.23. The second-order valence-electron chi connectivity index (χ2n) is 3.39. The quantitative estimate of drug-likeness (QED) is 0.537. The first kappa shape index (κ1) is 11.0. The number of rotatable bonds is 0. The highest BCUT2D eigenvalue weighted by molar-refractivity contribution is 4.69. The molecule has 2 N–H and O–H groups in total. The van der Waals surface area contributed by atoms with E-state index in [9.17, 15) is 0 Å². The van der Waals surface area contributed by atoms with Crippen molar-refractivity contribution in [1.29, 1.82) is 0 Å². The van der Waals surface area contributed by atoms with Crippen LogP contribution in [0, 0.1) is 5.92 Å². The number of nitrogens with two attached hydrogens (primary N) is 1. The molecule has 1 nitrogen and oxygen atoms in total. The van der Waals surface area contributed by atoms with Crippen LogP contribution >= 0.6 is 0 Å². The minimum atomic E-state index is 0.502. The highest BCUT2D eigenvalue weighted by Crippen LogP contribution is 2.20. The summed E-state index contributed by atoms with van der Waals surface area (Å²) in [6.07, 6.45) is 6.65. The fraction of sp³-hybridized carbons (Fsp3) is 1.00. The molecule has 0 saturated heterocycles. The normalized spacial score (nSPS) is 31.6. The summed E-state index contributed by atoms with van der Waals surface area (Å²) >= 11 is 0. The average Bonchev–Trinajstić information content (AvgIpc) is 2.18. The Morgan fingerprint density at radius 3 is 2.27 bits per heavy atom. The molecule has 0 aliphatic heterocycles. The minimum absolute atomic E-state index is 0.502.